The Balaban J connectivity index is 2.60. The molecule has 2 nitrogen and oxygen atoms in total. The quantitative estimate of drug-likeness (QED) is 0.788. The monoisotopic (exact) mass is 303 g/mol. The third kappa shape index (κ3) is 4.27. The molecular weight excluding hydrogens is 278 g/mol. The van der Waals surface area contributed by atoms with Crippen molar-refractivity contribution in [1.29, 1.82) is 0 Å². The van der Waals surface area contributed by atoms with Gasteiger partial charge in [0.2, 0.25) is 5.91 Å². The third-order valence-electron chi connectivity index (χ3n) is 3.99. The highest BCUT2D eigenvalue weighted by atomic mass is 79.9. The van der Waals surface area contributed by atoms with Crippen LogP contribution in [-0.2, 0) is 4.79 Å². The molecule has 100 valence electrons. The van der Waals surface area contributed by atoms with Crippen LogP contribution in [0.25, 0.3) is 0 Å². The van der Waals surface area contributed by atoms with E-state index in [2.05, 4.69) is 42.0 Å². The van der Waals surface area contributed by atoms with Crippen molar-refractivity contribution in [2.75, 3.05) is 0 Å². The van der Waals surface area contributed by atoms with Crippen molar-refractivity contribution in [3.8, 4) is 0 Å². The standard InChI is InChI=1S/C14H26BrNO/c1-5-12(15)14(17)16-13-8-10(4)6-7-11(13)9(2)3/h9-13H,5-8H2,1-4H3,(H,16,17). The zero-order valence-corrected chi connectivity index (χ0v) is 13.1. The van der Waals surface area contributed by atoms with Gasteiger partial charge in [-0.25, -0.2) is 0 Å². The lowest BCUT2D eigenvalue weighted by Crippen LogP contribution is -2.47. The smallest absolute Gasteiger partial charge is 0.233 e. The molecule has 0 spiro atoms. The third-order valence-corrected chi connectivity index (χ3v) is 5.06. The van der Waals surface area contributed by atoms with Gasteiger partial charge in [0.05, 0.1) is 4.83 Å². The van der Waals surface area contributed by atoms with E-state index in [1.165, 1.54) is 12.8 Å². The number of rotatable bonds is 4. The Hall–Kier alpha value is -0.0500. The number of hydrogen-bond acceptors (Lipinski definition) is 1. The molecule has 4 atom stereocenters. The van der Waals surface area contributed by atoms with Crippen LogP contribution in [0, 0.1) is 17.8 Å². The molecule has 0 heterocycles. The summed E-state index contributed by atoms with van der Waals surface area (Å²) in [4.78, 5) is 11.9. The average Bonchev–Trinajstić information content (AvgIpc) is 2.27. The number of nitrogens with one attached hydrogen (secondary N) is 1. The van der Waals surface area contributed by atoms with Crippen molar-refractivity contribution in [1.82, 2.24) is 5.32 Å². The van der Waals surface area contributed by atoms with Gasteiger partial charge in [-0.3, -0.25) is 4.79 Å². The summed E-state index contributed by atoms with van der Waals surface area (Å²) in [5.74, 6) is 2.21. The van der Waals surface area contributed by atoms with Gasteiger partial charge in [-0.2, -0.15) is 0 Å². The summed E-state index contributed by atoms with van der Waals surface area (Å²) in [5, 5.41) is 3.25. The SMILES string of the molecule is CCC(Br)C(=O)NC1CC(C)CCC1C(C)C. The number of hydrogen-bond donors (Lipinski definition) is 1. The molecule has 1 aliphatic rings. The van der Waals surface area contributed by atoms with Crippen LogP contribution in [0.1, 0.15) is 53.4 Å². The van der Waals surface area contributed by atoms with Crippen molar-refractivity contribution in [3.05, 3.63) is 0 Å². The average molecular weight is 304 g/mol. The van der Waals surface area contributed by atoms with Crippen LogP contribution in [0.3, 0.4) is 0 Å². The van der Waals surface area contributed by atoms with Crippen LogP contribution in [0.15, 0.2) is 0 Å². The Morgan fingerprint density at radius 2 is 2.06 bits per heavy atom. The second kappa shape index (κ2) is 6.77. The molecular formula is C14H26BrNO. The fraction of sp³-hybridized carbons (Fsp3) is 0.929. The van der Waals surface area contributed by atoms with E-state index in [0.717, 1.165) is 18.8 Å². The topological polar surface area (TPSA) is 29.1 Å². The van der Waals surface area contributed by atoms with Crippen LogP contribution in [-0.4, -0.2) is 16.8 Å². The lowest BCUT2D eigenvalue weighted by molar-refractivity contribution is -0.122. The first-order chi connectivity index (χ1) is 7.95. The van der Waals surface area contributed by atoms with Crippen LogP contribution in [0.2, 0.25) is 0 Å². The molecule has 0 aromatic carbocycles. The van der Waals surface area contributed by atoms with Crippen LogP contribution < -0.4 is 5.32 Å². The summed E-state index contributed by atoms with van der Waals surface area (Å²) >= 11 is 3.43. The van der Waals surface area contributed by atoms with Crippen molar-refractivity contribution in [2.45, 2.75) is 64.2 Å². The van der Waals surface area contributed by atoms with Crippen molar-refractivity contribution >= 4 is 21.8 Å². The molecule has 1 N–H and O–H groups in total. The molecule has 1 fully saturated rings. The lowest BCUT2D eigenvalue weighted by Gasteiger charge is -2.38. The van der Waals surface area contributed by atoms with Crippen LogP contribution >= 0.6 is 15.9 Å². The maximum Gasteiger partial charge on any atom is 0.233 e. The molecule has 0 bridgehead atoms. The van der Waals surface area contributed by atoms with E-state index >= 15 is 0 Å². The molecule has 1 aliphatic carbocycles. The minimum absolute atomic E-state index is 0.0347. The Kier molecular flexibility index (Phi) is 5.98. The van der Waals surface area contributed by atoms with E-state index in [-0.39, 0.29) is 10.7 Å². The largest absolute Gasteiger partial charge is 0.352 e. The van der Waals surface area contributed by atoms with Gasteiger partial charge in [-0.15, -0.1) is 0 Å². The predicted molar refractivity (Wildman–Crippen MR) is 76.3 cm³/mol. The van der Waals surface area contributed by atoms with E-state index in [4.69, 9.17) is 0 Å². The molecule has 0 aromatic heterocycles. The molecule has 4 unspecified atom stereocenters. The number of amides is 1. The maximum atomic E-state index is 12.0. The highest BCUT2D eigenvalue weighted by Gasteiger charge is 2.32. The summed E-state index contributed by atoms with van der Waals surface area (Å²) in [6.45, 7) is 8.86. The summed E-state index contributed by atoms with van der Waals surface area (Å²) in [7, 11) is 0. The zero-order valence-electron chi connectivity index (χ0n) is 11.5. The molecule has 0 radical (unpaired) electrons. The Morgan fingerprint density at radius 1 is 1.41 bits per heavy atom. The van der Waals surface area contributed by atoms with Gasteiger partial charge in [0.25, 0.3) is 0 Å². The van der Waals surface area contributed by atoms with Crippen LogP contribution in [0.4, 0.5) is 0 Å². The summed E-state index contributed by atoms with van der Waals surface area (Å²) in [5.41, 5.74) is 0. The molecule has 0 saturated heterocycles. The maximum absolute atomic E-state index is 12.0. The van der Waals surface area contributed by atoms with Gasteiger partial charge in [0.1, 0.15) is 0 Å². The molecule has 0 aromatic rings. The predicted octanol–water partition coefficient (Wildman–Crippen LogP) is 3.74. The first-order valence-corrected chi connectivity index (χ1v) is 7.81. The van der Waals surface area contributed by atoms with Gasteiger partial charge in [0.15, 0.2) is 0 Å². The number of halogens is 1. The van der Waals surface area contributed by atoms with E-state index in [1.54, 1.807) is 0 Å². The van der Waals surface area contributed by atoms with Gasteiger partial charge in [0, 0.05) is 6.04 Å². The first kappa shape index (κ1) is 15.0. The zero-order chi connectivity index (χ0) is 13.0. The minimum Gasteiger partial charge on any atom is -0.352 e. The van der Waals surface area contributed by atoms with Crippen molar-refractivity contribution < 1.29 is 4.79 Å². The second-order valence-corrected chi connectivity index (χ2v) is 6.92. The summed E-state index contributed by atoms with van der Waals surface area (Å²) in [6.07, 6.45) is 4.54. The van der Waals surface area contributed by atoms with Gasteiger partial charge >= 0.3 is 0 Å². The van der Waals surface area contributed by atoms with E-state index in [9.17, 15) is 4.79 Å². The normalized spacial score (nSPS) is 31.3. The Morgan fingerprint density at radius 3 is 2.59 bits per heavy atom. The number of alkyl halides is 1. The van der Waals surface area contributed by atoms with Gasteiger partial charge in [-0.05, 0) is 37.0 Å². The molecule has 0 aliphatic heterocycles. The van der Waals surface area contributed by atoms with Gasteiger partial charge < -0.3 is 5.32 Å². The number of carbonyl (C=O) groups is 1. The van der Waals surface area contributed by atoms with E-state index in [1.807, 2.05) is 6.92 Å². The minimum atomic E-state index is -0.0347. The highest BCUT2D eigenvalue weighted by Crippen LogP contribution is 2.33. The van der Waals surface area contributed by atoms with Crippen LogP contribution in [0.5, 0.6) is 0 Å². The Labute approximate surface area is 114 Å². The molecule has 1 saturated carbocycles. The summed E-state index contributed by atoms with van der Waals surface area (Å²) < 4.78 is 0. The Bertz CT molecular complexity index is 255. The lowest BCUT2D eigenvalue weighted by atomic mass is 9.74. The summed E-state index contributed by atoms with van der Waals surface area (Å²) in [6, 6.07) is 0.373. The van der Waals surface area contributed by atoms with Gasteiger partial charge in [-0.1, -0.05) is 50.0 Å². The van der Waals surface area contributed by atoms with Crippen molar-refractivity contribution in [2.24, 2.45) is 17.8 Å². The fourth-order valence-electron chi connectivity index (χ4n) is 2.83. The second-order valence-electron chi connectivity index (χ2n) is 5.82. The molecule has 3 heteroatoms. The number of carbonyl (C=O) groups excluding carboxylic acids is 1. The fourth-order valence-corrected chi connectivity index (χ4v) is 2.96. The molecule has 1 amide bonds. The molecule has 1 rings (SSSR count). The van der Waals surface area contributed by atoms with E-state index in [0.29, 0.717) is 17.9 Å². The first-order valence-electron chi connectivity index (χ1n) is 6.90. The van der Waals surface area contributed by atoms with E-state index < -0.39 is 0 Å². The highest BCUT2D eigenvalue weighted by molar-refractivity contribution is 9.10. The van der Waals surface area contributed by atoms with Crippen molar-refractivity contribution in [3.63, 3.8) is 0 Å². The molecule has 17 heavy (non-hydrogen) atoms.